The molecule has 26 heavy (non-hydrogen) atoms. The van der Waals surface area contributed by atoms with Gasteiger partial charge in [-0.15, -0.1) is 0 Å². The highest BCUT2D eigenvalue weighted by molar-refractivity contribution is 6.01. The van der Waals surface area contributed by atoms with Gasteiger partial charge in [-0.05, 0) is 50.1 Å². The molecule has 2 aromatic rings. The van der Waals surface area contributed by atoms with Gasteiger partial charge in [-0.3, -0.25) is 4.79 Å². The minimum absolute atomic E-state index is 0.0444. The van der Waals surface area contributed by atoms with Gasteiger partial charge < -0.3 is 19.7 Å². The van der Waals surface area contributed by atoms with E-state index in [1.54, 1.807) is 7.11 Å². The van der Waals surface area contributed by atoms with Gasteiger partial charge in [-0.2, -0.15) is 0 Å². The lowest BCUT2D eigenvalue weighted by molar-refractivity contribution is 0.0660. The van der Waals surface area contributed by atoms with E-state index in [1.807, 2.05) is 67.3 Å². The van der Waals surface area contributed by atoms with Gasteiger partial charge in [0.25, 0.3) is 5.91 Å². The number of anilines is 1. The van der Waals surface area contributed by atoms with Crippen LogP contribution in [0, 0.1) is 0 Å². The van der Waals surface area contributed by atoms with Crippen LogP contribution in [0.3, 0.4) is 0 Å². The highest BCUT2D eigenvalue weighted by Gasteiger charge is 2.32. The third-order valence-electron chi connectivity index (χ3n) is 4.34. The first-order chi connectivity index (χ1) is 12.6. The number of carbonyl (C=O) groups is 1. The molecule has 0 saturated heterocycles. The molecule has 1 amide bonds. The standard InChI is InChI=1S/C21H26N2O3/c1-15(2)26-17-11-9-16(10-12-17)20-22-19-8-5-4-7-18(19)21(24)23(20)13-6-14-25-3/h4-5,7-12,15,20,22H,6,13-14H2,1-3H3. The summed E-state index contributed by atoms with van der Waals surface area (Å²) in [6, 6.07) is 15.6. The van der Waals surface area contributed by atoms with Crippen molar-refractivity contribution in [3.05, 3.63) is 59.7 Å². The van der Waals surface area contributed by atoms with Crippen molar-refractivity contribution in [2.45, 2.75) is 32.5 Å². The minimum Gasteiger partial charge on any atom is -0.491 e. The number of benzene rings is 2. The predicted molar refractivity (Wildman–Crippen MR) is 103 cm³/mol. The zero-order chi connectivity index (χ0) is 18.5. The number of methoxy groups -OCH3 is 1. The maximum Gasteiger partial charge on any atom is 0.257 e. The molecule has 1 heterocycles. The second kappa shape index (κ2) is 8.23. The molecule has 1 unspecified atom stereocenters. The summed E-state index contributed by atoms with van der Waals surface area (Å²) in [5, 5.41) is 3.50. The molecule has 0 aromatic heterocycles. The topological polar surface area (TPSA) is 50.8 Å². The van der Waals surface area contributed by atoms with Crippen LogP contribution in [0.4, 0.5) is 5.69 Å². The summed E-state index contributed by atoms with van der Waals surface area (Å²) >= 11 is 0. The van der Waals surface area contributed by atoms with Crippen LogP contribution >= 0.6 is 0 Å². The van der Waals surface area contributed by atoms with Crippen molar-refractivity contribution >= 4 is 11.6 Å². The van der Waals surface area contributed by atoms with Crippen molar-refractivity contribution < 1.29 is 14.3 Å². The van der Waals surface area contributed by atoms with E-state index in [0.29, 0.717) is 18.7 Å². The molecule has 0 saturated carbocycles. The Hall–Kier alpha value is -2.53. The first-order valence-corrected chi connectivity index (χ1v) is 9.02. The molecule has 0 radical (unpaired) electrons. The number of carbonyl (C=O) groups excluding carboxylic acids is 1. The number of rotatable bonds is 7. The normalized spacial score (nSPS) is 16.4. The monoisotopic (exact) mass is 354 g/mol. The molecule has 0 aliphatic carbocycles. The molecule has 1 aliphatic heterocycles. The van der Waals surface area contributed by atoms with E-state index in [2.05, 4.69) is 5.32 Å². The first-order valence-electron chi connectivity index (χ1n) is 9.02. The Morgan fingerprint density at radius 3 is 2.54 bits per heavy atom. The molecule has 1 aliphatic rings. The quantitative estimate of drug-likeness (QED) is 0.761. The fourth-order valence-corrected chi connectivity index (χ4v) is 3.17. The van der Waals surface area contributed by atoms with E-state index in [9.17, 15) is 4.79 Å². The van der Waals surface area contributed by atoms with Crippen LogP contribution in [0.1, 0.15) is 42.4 Å². The van der Waals surface area contributed by atoms with Crippen LogP contribution in [-0.2, 0) is 4.74 Å². The molecule has 3 rings (SSSR count). The fraction of sp³-hybridized carbons (Fsp3) is 0.381. The number of fused-ring (bicyclic) bond motifs is 1. The summed E-state index contributed by atoms with van der Waals surface area (Å²) in [6.45, 7) is 5.26. The second-order valence-corrected chi connectivity index (χ2v) is 6.67. The number of nitrogens with zero attached hydrogens (tertiary/aromatic N) is 1. The lowest BCUT2D eigenvalue weighted by Gasteiger charge is -2.38. The minimum atomic E-state index is -0.206. The molecular weight excluding hydrogens is 328 g/mol. The Morgan fingerprint density at radius 1 is 1.12 bits per heavy atom. The molecule has 0 spiro atoms. The molecule has 1 N–H and O–H groups in total. The zero-order valence-corrected chi connectivity index (χ0v) is 15.6. The number of hydrogen-bond acceptors (Lipinski definition) is 4. The molecule has 1 atom stereocenters. The largest absolute Gasteiger partial charge is 0.491 e. The molecule has 5 nitrogen and oxygen atoms in total. The molecule has 0 bridgehead atoms. The van der Waals surface area contributed by atoms with E-state index < -0.39 is 0 Å². The summed E-state index contributed by atoms with van der Waals surface area (Å²) in [4.78, 5) is 14.9. The van der Waals surface area contributed by atoms with Crippen molar-refractivity contribution in [3.63, 3.8) is 0 Å². The van der Waals surface area contributed by atoms with Crippen molar-refractivity contribution in [2.24, 2.45) is 0 Å². The highest BCUT2D eigenvalue weighted by atomic mass is 16.5. The third-order valence-corrected chi connectivity index (χ3v) is 4.34. The van der Waals surface area contributed by atoms with Gasteiger partial charge in [-0.25, -0.2) is 0 Å². The summed E-state index contributed by atoms with van der Waals surface area (Å²) in [5.41, 5.74) is 2.61. The van der Waals surface area contributed by atoms with Gasteiger partial charge in [0.15, 0.2) is 0 Å². The predicted octanol–water partition coefficient (Wildman–Crippen LogP) is 4.08. The SMILES string of the molecule is COCCCN1C(=O)c2ccccc2NC1c1ccc(OC(C)C)cc1. The Morgan fingerprint density at radius 2 is 1.85 bits per heavy atom. The summed E-state index contributed by atoms with van der Waals surface area (Å²) in [7, 11) is 1.68. The Bertz CT molecular complexity index is 743. The average molecular weight is 354 g/mol. The first kappa shape index (κ1) is 18.3. The Balaban J connectivity index is 1.87. The molecular formula is C21H26N2O3. The van der Waals surface area contributed by atoms with E-state index >= 15 is 0 Å². The maximum atomic E-state index is 13.0. The van der Waals surface area contributed by atoms with Gasteiger partial charge in [0.2, 0.25) is 0 Å². The lowest BCUT2D eigenvalue weighted by atomic mass is 10.0. The summed E-state index contributed by atoms with van der Waals surface area (Å²) in [6.07, 6.45) is 0.715. The van der Waals surface area contributed by atoms with Gasteiger partial charge in [-0.1, -0.05) is 24.3 Å². The Labute approximate surface area is 154 Å². The van der Waals surface area contributed by atoms with E-state index in [-0.39, 0.29) is 18.2 Å². The Kier molecular flexibility index (Phi) is 5.78. The van der Waals surface area contributed by atoms with Crippen LogP contribution in [0.15, 0.2) is 48.5 Å². The van der Waals surface area contributed by atoms with E-state index in [0.717, 1.165) is 23.4 Å². The smallest absolute Gasteiger partial charge is 0.257 e. The zero-order valence-electron chi connectivity index (χ0n) is 15.6. The van der Waals surface area contributed by atoms with Crippen molar-refractivity contribution in [1.82, 2.24) is 4.90 Å². The lowest BCUT2D eigenvalue weighted by Crippen LogP contribution is -2.43. The van der Waals surface area contributed by atoms with Crippen molar-refractivity contribution in [1.29, 1.82) is 0 Å². The molecule has 0 fully saturated rings. The average Bonchev–Trinajstić information content (AvgIpc) is 2.64. The van der Waals surface area contributed by atoms with Crippen LogP contribution in [-0.4, -0.2) is 37.2 Å². The van der Waals surface area contributed by atoms with Gasteiger partial charge >= 0.3 is 0 Å². The number of hydrogen-bond donors (Lipinski definition) is 1. The number of para-hydroxylation sites is 1. The second-order valence-electron chi connectivity index (χ2n) is 6.67. The number of nitrogens with one attached hydrogen (secondary N) is 1. The van der Waals surface area contributed by atoms with E-state index in [1.165, 1.54) is 0 Å². The van der Waals surface area contributed by atoms with E-state index in [4.69, 9.17) is 9.47 Å². The van der Waals surface area contributed by atoms with Crippen LogP contribution in [0.5, 0.6) is 5.75 Å². The number of ether oxygens (including phenoxy) is 2. The summed E-state index contributed by atoms with van der Waals surface area (Å²) in [5.74, 6) is 0.875. The van der Waals surface area contributed by atoms with Gasteiger partial charge in [0.05, 0.1) is 11.7 Å². The third kappa shape index (κ3) is 3.99. The highest BCUT2D eigenvalue weighted by Crippen LogP contribution is 2.33. The molecule has 138 valence electrons. The van der Waals surface area contributed by atoms with Gasteiger partial charge in [0.1, 0.15) is 11.9 Å². The van der Waals surface area contributed by atoms with Crippen molar-refractivity contribution in [2.75, 3.05) is 25.6 Å². The summed E-state index contributed by atoms with van der Waals surface area (Å²) < 4.78 is 10.9. The van der Waals surface area contributed by atoms with Crippen LogP contribution in [0.25, 0.3) is 0 Å². The maximum absolute atomic E-state index is 13.0. The molecule has 2 aromatic carbocycles. The van der Waals surface area contributed by atoms with Gasteiger partial charge in [0, 0.05) is 25.9 Å². The van der Waals surface area contributed by atoms with Crippen molar-refractivity contribution in [3.8, 4) is 5.75 Å². The number of amides is 1. The molecule has 5 heteroatoms. The fourth-order valence-electron chi connectivity index (χ4n) is 3.17. The van der Waals surface area contributed by atoms with Crippen LogP contribution < -0.4 is 10.1 Å². The van der Waals surface area contributed by atoms with Crippen LogP contribution in [0.2, 0.25) is 0 Å².